The number of fused-ring (bicyclic) bond motifs is 1. The Morgan fingerprint density at radius 3 is 2.65 bits per heavy atom. The molecule has 134 valence electrons. The van der Waals surface area contributed by atoms with Crippen molar-refractivity contribution in [2.24, 2.45) is 5.92 Å². The summed E-state index contributed by atoms with van der Waals surface area (Å²) in [6.45, 7) is 4.20. The first-order valence-corrected chi connectivity index (χ1v) is 9.85. The minimum absolute atomic E-state index is 0.0601. The molecule has 0 spiro atoms. The first-order chi connectivity index (χ1) is 12.6. The molecular formula is C25H27F. The second-order valence-electron chi connectivity index (χ2n) is 8.09. The Bertz CT molecular complexity index is 906. The van der Waals surface area contributed by atoms with Gasteiger partial charge in [0.1, 0.15) is 5.82 Å². The summed E-state index contributed by atoms with van der Waals surface area (Å²) in [7, 11) is 0. The van der Waals surface area contributed by atoms with E-state index in [9.17, 15) is 4.39 Å². The monoisotopic (exact) mass is 346 g/mol. The van der Waals surface area contributed by atoms with Gasteiger partial charge in [-0.15, -0.1) is 0 Å². The van der Waals surface area contributed by atoms with Gasteiger partial charge in [-0.3, -0.25) is 0 Å². The molecule has 1 aliphatic rings. The number of aryl methyl sites for hydroxylation is 1. The largest absolute Gasteiger partial charge is 0.207 e. The minimum Gasteiger partial charge on any atom is -0.207 e. The SMILES string of the molecule is Cc1ccc([C@@H]2CC[C@H](C[C@H](C)c3cccc4ccccc34)C2)cc1F. The highest BCUT2D eigenvalue weighted by molar-refractivity contribution is 5.86. The van der Waals surface area contributed by atoms with Crippen LogP contribution >= 0.6 is 0 Å². The van der Waals surface area contributed by atoms with Crippen LogP contribution in [0.25, 0.3) is 10.8 Å². The normalized spacial score (nSPS) is 21.2. The zero-order chi connectivity index (χ0) is 18.1. The highest BCUT2D eigenvalue weighted by Crippen LogP contribution is 2.43. The van der Waals surface area contributed by atoms with Crippen molar-refractivity contribution in [3.05, 3.63) is 83.2 Å². The number of hydrogen-bond acceptors (Lipinski definition) is 0. The highest BCUT2D eigenvalue weighted by atomic mass is 19.1. The molecular weight excluding hydrogens is 319 g/mol. The molecule has 0 aliphatic heterocycles. The van der Waals surface area contributed by atoms with Crippen molar-refractivity contribution in [1.82, 2.24) is 0 Å². The fraction of sp³-hybridized carbons (Fsp3) is 0.360. The Kier molecular flexibility index (Phi) is 4.80. The summed E-state index contributed by atoms with van der Waals surface area (Å²) in [4.78, 5) is 0. The number of rotatable bonds is 4. The summed E-state index contributed by atoms with van der Waals surface area (Å²) in [5.74, 6) is 1.75. The van der Waals surface area contributed by atoms with Crippen LogP contribution in [0.4, 0.5) is 4.39 Å². The molecule has 1 fully saturated rings. The van der Waals surface area contributed by atoms with Gasteiger partial charge in [-0.25, -0.2) is 4.39 Å². The van der Waals surface area contributed by atoms with E-state index in [1.165, 1.54) is 47.6 Å². The van der Waals surface area contributed by atoms with Crippen LogP contribution in [0, 0.1) is 18.7 Å². The summed E-state index contributed by atoms with van der Waals surface area (Å²) in [5.41, 5.74) is 3.40. The van der Waals surface area contributed by atoms with Gasteiger partial charge in [0, 0.05) is 0 Å². The maximum Gasteiger partial charge on any atom is 0.126 e. The van der Waals surface area contributed by atoms with Crippen LogP contribution in [0.2, 0.25) is 0 Å². The van der Waals surface area contributed by atoms with E-state index >= 15 is 0 Å². The number of halogens is 1. The number of benzene rings is 3. The van der Waals surface area contributed by atoms with E-state index in [0.29, 0.717) is 11.8 Å². The third-order valence-corrected chi connectivity index (χ3v) is 6.25. The molecule has 1 saturated carbocycles. The number of hydrogen-bond donors (Lipinski definition) is 0. The summed E-state index contributed by atoms with van der Waals surface area (Å²) in [6, 6.07) is 21.2. The van der Waals surface area contributed by atoms with Crippen molar-refractivity contribution in [3.63, 3.8) is 0 Å². The van der Waals surface area contributed by atoms with Crippen molar-refractivity contribution >= 4 is 10.8 Å². The molecule has 3 aromatic rings. The molecule has 4 rings (SSSR count). The maximum absolute atomic E-state index is 13.9. The van der Waals surface area contributed by atoms with Gasteiger partial charge >= 0.3 is 0 Å². The lowest BCUT2D eigenvalue weighted by atomic mass is 9.86. The zero-order valence-corrected chi connectivity index (χ0v) is 15.7. The van der Waals surface area contributed by atoms with E-state index in [4.69, 9.17) is 0 Å². The molecule has 0 N–H and O–H groups in total. The fourth-order valence-electron chi connectivity index (χ4n) is 4.76. The Balaban J connectivity index is 1.47. The lowest BCUT2D eigenvalue weighted by molar-refractivity contribution is 0.455. The summed E-state index contributed by atoms with van der Waals surface area (Å²) >= 11 is 0. The first-order valence-electron chi connectivity index (χ1n) is 9.85. The van der Waals surface area contributed by atoms with Gasteiger partial charge in [0.15, 0.2) is 0 Å². The highest BCUT2D eigenvalue weighted by Gasteiger charge is 2.28. The van der Waals surface area contributed by atoms with Crippen molar-refractivity contribution in [2.45, 2.75) is 51.4 Å². The maximum atomic E-state index is 13.9. The van der Waals surface area contributed by atoms with Gasteiger partial charge in [-0.05, 0) is 83.9 Å². The smallest absolute Gasteiger partial charge is 0.126 e. The second kappa shape index (κ2) is 7.23. The van der Waals surface area contributed by atoms with Crippen molar-refractivity contribution in [1.29, 1.82) is 0 Å². The molecule has 0 heterocycles. The summed E-state index contributed by atoms with van der Waals surface area (Å²) in [5, 5.41) is 2.72. The molecule has 3 aromatic carbocycles. The standard InChI is InChI=1S/C25H27F/c1-17-10-12-22(16-25(17)26)21-13-11-19(15-21)14-18(2)23-9-5-7-20-6-3-4-8-24(20)23/h3-10,12,16,18-19,21H,11,13-15H2,1-2H3/t18-,19+,21+/m0/s1. The van der Waals surface area contributed by atoms with Crippen LogP contribution < -0.4 is 0 Å². The second-order valence-corrected chi connectivity index (χ2v) is 8.09. The molecule has 1 heteroatoms. The Labute approximate surface area is 156 Å². The van der Waals surface area contributed by atoms with Crippen molar-refractivity contribution in [3.8, 4) is 0 Å². The summed E-state index contributed by atoms with van der Waals surface area (Å²) in [6.07, 6.45) is 4.86. The predicted molar refractivity (Wildman–Crippen MR) is 108 cm³/mol. The molecule has 0 unspecified atom stereocenters. The van der Waals surface area contributed by atoms with Crippen LogP contribution in [0.15, 0.2) is 60.7 Å². The van der Waals surface area contributed by atoms with Gasteiger partial charge < -0.3 is 0 Å². The average molecular weight is 346 g/mol. The van der Waals surface area contributed by atoms with E-state index in [1.54, 1.807) is 6.07 Å². The predicted octanol–water partition coefficient (Wildman–Crippen LogP) is 7.36. The van der Waals surface area contributed by atoms with E-state index in [1.807, 2.05) is 13.0 Å². The molecule has 0 amide bonds. The first kappa shape index (κ1) is 17.3. The Hall–Kier alpha value is -2.15. The molecule has 0 aromatic heterocycles. The van der Waals surface area contributed by atoms with Gasteiger partial charge in [0.25, 0.3) is 0 Å². The van der Waals surface area contributed by atoms with E-state index < -0.39 is 0 Å². The van der Waals surface area contributed by atoms with Gasteiger partial charge in [-0.2, -0.15) is 0 Å². The van der Waals surface area contributed by atoms with Crippen LogP contribution in [-0.4, -0.2) is 0 Å². The average Bonchev–Trinajstić information content (AvgIpc) is 3.12. The Morgan fingerprint density at radius 2 is 1.81 bits per heavy atom. The summed E-state index contributed by atoms with van der Waals surface area (Å²) < 4.78 is 13.9. The minimum atomic E-state index is -0.0601. The Morgan fingerprint density at radius 1 is 1.00 bits per heavy atom. The molecule has 0 radical (unpaired) electrons. The van der Waals surface area contributed by atoms with Crippen LogP contribution in [0.5, 0.6) is 0 Å². The van der Waals surface area contributed by atoms with Crippen LogP contribution in [-0.2, 0) is 0 Å². The zero-order valence-electron chi connectivity index (χ0n) is 15.7. The fourth-order valence-corrected chi connectivity index (χ4v) is 4.76. The van der Waals surface area contributed by atoms with E-state index in [-0.39, 0.29) is 5.82 Å². The quantitative estimate of drug-likeness (QED) is 0.463. The molecule has 3 atom stereocenters. The lowest BCUT2D eigenvalue weighted by Crippen LogP contribution is -2.03. The van der Waals surface area contributed by atoms with Gasteiger partial charge in [-0.1, -0.05) is 61.5 Å². The third-order valence-electron chi connectivity index (χ3n) is 6.25. The molecule has 26 heavy (non-hydrogen) atoms. The molecule has 0 nitrogen and oxygen atoms in total. The topological polar surface area (TPSA) is 0 Å². The van der Waals surface area contributed by atoms with Crippen LogP contribution in [0.1, 0.15) is 61.1 Å². The van der Waals surface area contributed by atoms with Crippen molar-refractivity contribution in [2.75, 3.05) is 0 Å². The van der Waals surface area contributed by atoms with Crippen LogP contribution in [0.3, 0.4) is 0 Å². The van der Waals surface area contributed by atoms with E-state index in [2.05, 4.69) is 55.5 Å². The van der Waals surface area contributed by atoms with Gasteiger partial charge in [0.2, 0.25) is 0 Å². The molecule has 1 aliphatic carbocycles. The van der Waals surface area contributed by atoms with Gasteiger partial charge in [0.05, 0.1) is 0 Å². The third kappa shape index (κ3) is 3.40. The van der Waals surface area contributed by atoms with E-state index in [0.717, 1.165) is 11.5 Å². The molecule has 0 bridgehead atoms. The van der Waals surface area contributed by atoms with Crippen molar-refractivity contribution < 1.29 is 4.39 Å². The molecule has 0 saturated heterocycles. The lowest BCUT2D eigenvalue weighted by Gasteiger charge is -2.19.